The standard InChI is InChI=1S/C13H14N2O3/c1-9-3-4-12(18-2)10(5-9)6-15-7-11(13(16)17)14-8-15/h3-5,7-8H,6H2,1-2H3,(H,16,17). The van der Waals surface area contributed by atoms with Gasteiger partial charge < -0.3 is 14.4 Å². The lowest BCUT2D eigenvalue weighted by Gasteiger charge is -2.09. The molecular formula is C13H14N2O3. The highest BCUT2D eigenvalue weighted by atomic mass is 16.5. The Morgan fingerprint density at radius 1 is 1.50 bits per heavy atom. The molecule has 0 saturated heterocycles. The predicted molar refractivity (Wildman–Crippen MR) is 66.0 cm³/mol. The number of hydrogen-bond acceptors (Lipinski definition) is 3. The molecule has 0 fully saturated rings. The molecule has 5 nitrogen and oxygen atoms in total. The third-order valence-electron chi connectivity index (χ3n) is 2.64. The highest BCUT2D eigenvalue weighted by molar-refractivity contribution is 5.84. The average molecular weight is 246 g/mol. The lowest BCUT2D eigenvalue weighted by atomic mass is 10.1. The molecule has 2 rings (SSSR count). The fourth-order valence-electron chi connectivity index (χ4n) is 1.78. The molecule has 0 unspecified atom stereocenters. The molecule has 2 aromatic rings. The van der Waals surface area contributed by atoms with Crippen LogP contribution in [0.3, 0.4) is 0 Å². The Balaban J connectivity index is 2.27. The van der Waals surface area contributed by atoms with E-state index in [9.17, 15) is 4.79 Å². The van der Waals surface area contributed by atoms with Crippen LogP contribution in [0.5, 0.6) is 5.75 Å². The number of nitrogens with zero attached hydrogens (tertiary/aromatic N) is 2. The van der Waals surface area contributed by atoms with E-state index in [0.29, 0.717) is 6.54 Å². The second-order valence-corrected chi connectivity index (χ2v) is 4.05. The van der Waals surface area contributed by atoms with Gasteiger partial charge in [-0.05, 0) is 13.0 Å². The first kappa shape index (κ1) is 12.2. The highest BCUT2D eigenvalue weighted by Gasteiger charge is 2.08. The Kier molecular flexibility index (Phi) is 3.32. The molecule has 1 aromatic carbocycles. The van der Waals surface area contributed by atoms with Crippen molar-refractivity contribution in [3.05, 3.63) is 47.5 Å². The Morgan fingerprint density at radius 2 is 2.28 bits per heavy atom. The number of benzene rings is 1. The minimum Gasteiger partial charge on any atom is -0.496 e. The van der Waals surface area contributed by atoms with E-state index in [4.69, 9.17) is 9.84 Å². The van der Waals surface area contributed by atoms with E-state index < -0.39 is 5.97 Å². The van der Waals surface area contributed by atoms with Crippen LogP contribution < -0.4 is 4.74 Å². The van der Waals surface area contributed by atoms with Crippen LogP contribution >= 0.6 is 0 Å². The van der Waals surface area contributed by atoms with Crippen molar-refractivity contribution >= 4 is 5.97 Å². The van der Waals surface area contributed by atoms with E-state index in [0.717, 1.165) is 16.9 Å². The number of rotatable bonds is 4. The summed E-state index contributed by atoms with van der Waals surface area (Å²) in [5, 5.41) is 8.81. The first-order valence-corrected chi connectivity index (χ1v) is 5.48. The Morgan fingerprint density at radius 3 is 2.89 bits per heavy atom. The molecule has 0 aliphatic carbocycles. The number of imidazole rings is 1. The first-order chi connectivity index (χ1) is 8.60. The summed E-state index contributed by atoms with van der Waals surface area (Å²) >= 11 is 0. The van der Waals surface area contributed by atoms with E-state index in [2.05, 4.69) is 4.98 Å². The second-order valence-electron chi connectivity index (χ2n) is 4.05. The van der Waals surface area contributed by atoms with Gasteiger partial charge in [-0.1, -0.05) is 17.7 Å². The van der Waals surface area contributed by atoms with Crippen molar-refractivity contribution in [1.29, 1.82) is 0 Å². The molecule has 1 heterocycles. The van der Waals surface area contributed by atoms with E-state index in [-0.39, 0.29) is 5.69 Å². The summed E-state index contributed by atoms with van der Waals surface area (Å²) in [7, 11) is 1.62. The largest absolute Gasteiger partial charge is 0.496 e. The Hall–Kier alpha value is -2.30. The van der Waals surface area contributed by atoms with Crippen molar-refractivity contribution in [3.8, 4) is 5.75 Å². The van der Waals surface area contributed by atoms with Crippen LogP contribution in [0.1, 0.15) is 21.6 Å². The zero-order valence-corrected chi connectivity index (χ0v) is 10.3. The zero-order valence-electron chi connectivity index (χ0n) is 10.3. The number of carboxylic acid groups (broad SMARTS) is 1. The molecule has 1 aromatic heterocycles. The second kappa shape index (κ2) is 4.91. The molecule has 0 spiro atoms. The van der Waals surface area contributed by atoms with Gasteiger partial charge in [-0.15, -0.1) is 0 Å². The molecule has 0 saturated carbocycles. The normalized spacial score (nSPS) is 10.3. The lowest BCUT2D eigenvalue weighted by molar-refractivity contribution is 0.0691. The number of carbonyl (C=O) groups is 1. The summed E-state index contributed by atoms with van der Waals surface area (Å²) in [5.41, 5.74) is 2.16. The molecule has 0 amide bonds. The smallest absolute Gasteiger partial charge is 0.356 e. The molecule has 94 valence electrons. The molecule has 18 heavy (non-hydrogen) atoms. The maximum absolute atomic E-state index is 10.7. The molecule has 0 atom stereocenters. The van der Waals surface area contributed by atoms with Crippen molar-refractivity contribution in [2.75, 3.05) is 7.11 Å². The topological polar surface area (TPSA) is 64.4 Å². The summed E-state index contributed by atoms with van der Waals surface area (Å²) in [6, 6.07) is 5.89. The fraction of sp³-hybridized carbons (Fsp3) is 0.231. The van der Waals surface area contributed by atoms with Gasteiger partial charge in [0.1, 0.15) is 5.75 Å². The Labute approximate surface area is 105 Å². The van der Waals surface area contributed by atoms with Crippen LogP contribution in [0.15, 0.2) is 30.7 Å². The first-order valence-electron chi connectivity index (χ1n) is 5.48. The van der Waals surface area contributed by atoms with Crippen molar-refractivity contribution in [3.63, 3.8) is 0 Å². The number of aromatic nitrogens is 2. The molecule has 5 heteroatoms. The summed E-state index contributed by atoms with van der Waals surface area (Å²) < 4.78 is 7.00. The fourth-order valence-corrected chi connectivity index (χ4v) is 1.78. The minimum absolute atomic E-state index is 0.0432. The predicted octanol–water partition coefficient (Wildman–Crippen LogP) is 1.95. The van der Waals surface area contributed by atoms with Gasteiger partial charge in [0, 0.05) is 11.8 Å². The number of aryl methyl sites for hydroxylation is 1. The summed E-state index contributed by atoms with van der Waals surface area (Å²) in [6.45, 7) is 2.53. The van der Waals surface area contributed by atoms with Gasteiger partial charge in [0.2, 0.25) is 0 Å². The highest BCUT2D eigenvalue weighted by Crippen LogP contribution is 2.20. The Bertz CT molecular complexity index is 575. The molecule has 0 aliphatic heterocycles. The van der Waals surface area contributed by atoms with Crippen LogP contribution in [0.25, 0.3) is 0 Å². The maximum atomic E-state index is 10.7. The van der Waals surface area contributed by atoms with Crippen molar-refractivity contribution in [2.45, 2.75) is 13.5 Å². The molecular weight excluding hydrogens is 232 g/mol. The number of hydrogen-bond donors (Lipinski definition) is 1. The molecule has 1 N–H and O–H groups in total. The van der Waals surface area contributed by atoms with Gasteiger partial charge in [0.15, 0.2) is 5.69 Å². The van der Waals surface area contributed by atoms with Crippen LogP contribution in [-0.4, -0.2) is 27.7 Å². The van der Waals surface area contributed by atoms with E-state index in [1.54, 1.807) is 11.7 Å². The van der Waals surface area contributed by atoms with E-state index in [1.165, 1.54) is 12.5 Å². The zero-order chi connectivity index (χ0) is 13.1. The summed E-state index contributed by atoms with van der Waals surface area (Å²) in [5.74, 6) is -0.240. The van der Waals surface area contributed by atoms with Gasteiger partial charge in [-0.2, -0.15) is 0 Å². The number of aromatic carboxylic acids is 1. The van der Waals surface area contributed by atoms with E-state index >= 15 is 0 Å². The van der Waals surface area contributed by atoms with Crippen molar-refractivity contribution in [2.24, 2.45) is 0 Å². The quantitative estimate of drug-likeness (QED) is 0.895. The monoisotopic (exact) mass is 246 g/mol. The van der Waals surface area contributed by atoms with Crippen LogP contribution in [0, 0.1) is 6.92 Å². The van der Waals surface area contributed by atoms with Crippen molar-refractivity contribution < 1.29 is 14.6 Å². The van der Waals surface area contributed by atoms with Crippen LogP contribution in [0.4, 0.5) is 0 Å². The third-order valence-corrected chi connectivity index (χ3v) is 2.64. The van der Waals surface area contributed by atoms with Gasteiger partial charge in [-0.25, -0.2) is 9.78 Å². The number of carboxylic acids is 1. The SMILES string of the molecule is COc1ccc(C)cc1Cn1cnc(C(=O)O)c1. The number of methoxy groups -OCH3 is 1. The maximum Gasteiger partial charge on any atom is 0.356 e. The minimum atomic E-state index is -1.02. The average Bonchev–Trinajstić information content (AvgIpc) is 2.78. The van der Waals surface area contributed by atoms with Gasteiger partial charge in [-0.3, -0.25) is 0 Å². The van der Waals surface area contributed by atoms with Crippen LogP contribution in [-0.2, 0) is 6.54 Å². The third kappa shape index (κ3) is 2.51. The summed E-state index contributed by atoms with van der Waals surface area (Å²) in [6.07, 6.45) is 3.01. The van der Waals surface area contributed by atoms with E-state index in [1.807, 2.05) is 25.1 Å². The van der Waals surface area contributed by atoms with Gasteiger partial charge in [0.05, 0.1) is 20.0 Å². The van der Waals surface area contributed by atoms with Gasteiger partial charge >= 0.3 is 5.97 Å². The van der Waals surface area contributed by atoms with Crippen molar-refractivity contribution in [1.82, 2.24) is 9.55 Å². The van der Waals surface area contributed by atoms with Gasteiger partial charge in [0.25, 0.3) is 0 Å². The molecule has 0 aliphatic rings. The van der Waals surface area contributed by atoms with Crippen LogP contribution in [0.2, 0.25) is 0 Å². The molecule has 0 bridgehead atoms. The lowest BCUT2D eigenvalue weighted by Crippen LogP contribution is -2.01. The molecule has 0 radical (unpaired) electrons. The number of ether oxygens (including phenoxy) is 1. The summed E-state index contributed by atoms with van der Waals surface area (Å²) in [4.78, 5) is 14.6.